The Labute approximate surface area is 177 Å². The van der Waals surface area contributed by atoms with Gasteiger partial charge >= 0.3 is 0 Å². The molecule has 4 heterocycles. The highest BCUT2D eigenvalue weighted by Gasteiger charge is 2.39. The Balaban J connectivity index is 1.60. The first-order valence-electron chi connectivity index (χ1n) is 9.33. The van der Waals surface area contributed by atoms with Crippen LogP contribution in [0.4, 0.5) is 0 Å². The topological polar surface area (TPSA) is 36.6 Å². The lowest BCUT2D eigenvalue weighted by atomic mass is 9.97. The van der Waals surface area contributed by atoms with Crippen molar-refractivity contribution in [3.63, 3.8) is 0 Å². The molecule has 6 heteroatoms. The van der Waals surface area contributed by atoms with Crippen LogP contribution in [0.25, 0.3) is 0 Å². The molecule has 28 heavy (non-hydrogen) atoms. The number of thiophene rings is 3. The second-order valence-electron chi connectivity index (χ2n) is 6.77. The minimum atomic E-state index is -1.23. The van der Waals surface area contributed by atoms with Crippen LogP contribution < -0.4 is 0 Å². The van der Waals surface area contributed by atoms with Gasteiger partial charge in [-0.05, 0) is 70.4 Å². The minimum absolute atomic E-state index is 0.583. The first kappa shape index (κ1) is 19.6. The predicted molar refractivity (Wildman–Crippen MR) is 118 cm³/mol. The van der Waals surface area contributed by atoms with Crippen LogP contribution in [-0.4, -0.2) is 16.6 Å². The second-order valence-corrected chi connectivity index (χ2v) is 9.45. The van der Waals surface area contributed by atoms with Crippen molar-refractivity contribution in [2.24, 2.45) is 0 Å². The third-order valence-corrected chi connectivity index (χ3v) is 7.37. The van der Waals surface area contributed by atoms with Gasteiger partial charge in [-0.2, -0.15) is 11.3 Å². The van der Waals surface area contributed by atoms with Gasteiger partial charge in [-0.25, -0.2) is 0 Å². The Morgan fingerprint density at radius 1 is 0.964 bits per heavy atom. The van der Waals surface area contributed by atoms with Crippen molar-refractivity contribution >= 4 is 34.0 Å². The highest BCUT2D eigenvalue weighted by Crippen LogP contribution is 2.41. The summed E-state index contributed by atoms with van der Waals surface area (Å²) >= 11 is 4.82. The van der Waals surface area contributed by atoms with Crippen molar-refractivity contribution in [2.75, 3.05) is 6.54 Å². The van der Waals surface area contributed by atoms with Gasteiger partial charge in [0.05, 0.1) is 6.54 Å². The Morgan fingerprint density at radius 2 is 1.71 bits per heavy atom. The summed E-state index contributed by atoms with van der Waals surface area (Å²) in [5.74, 6) is 1.46. The number of aliphatic hydroxyl groups is 1. The molecule has 4 rings (SSSR count). The molecule has 4 aromatic heterocycles. The van der Waals surface area contributed by atoms with Gasteiger partial charge in [-0.3, -0.25) is 4.90 Å². The zero-order valence-electron chi connectivity index (χ0n) is 15.7. The Kier molecular flexibility index (Phi) is 6.13. The van der Waals surface area contributed by atoms with Crippen molar-refractivity contribution < 1.29 is 9.52 Å². The first-order chi connectivity index (χ1) is 13.7. The van der Waals surface area contributed by atoms with E-state index in [1.165, 1.54) is 5.56 Å². The molecule has 3 nitrogen and oxygen atoms in total. The van der Waals surface area contributed by atoms with E-state index in [-0.39, 0.29) is 0 Å². The van der Waals surface area contributed by atoms with E-state index < -0.39 is 5.60 Å². The fourth-order valence-corrected chi connectivity index (χ4v) is 5.79. The maximum Gasteiger partial charge on any atom is 0.191 e. The summed E-state index contributed by atoms with van der Waals surface area (Å²) in [7, 11) is 0. The van der Waals surface area contributed by atoms with Crippen molar-refractivity contribution in [2.45, 2.75) is 32.0 Å². The third kappa shape index (κ3) is 4.02. The maximum absolute atomic E-state index is 11.7. The zero-order valence-corrected chi connectivity index (χ0v) is 18.2. The summed E-state index contributed by atoms with van der Waals surface area (Å²) in [5.41, 5.74) is 0.0997. The van der Waals surface area contributed by atoms with Crippen molar-refractivity contribution in [3.05, 3.63) is 90.8 Å². The standard InChI is InChI=1S/C22H23NO2S3/c1-2-10-23(14-17-9-13-26-16-17)15-18-7-8-19(25-18)22(24,20-5-3-11-27-20)21-6-4-12-28-21/h3-9,11-13,16,24H,2,10,14-15H2,1H3. The number of hydrogen-bond donors (Lipinski definition) is 1. The molecule has 0 saturated carbocycles. The maximum atomic E-state index is 11.7. The minimum Gasteiger partial charge on any atom is -0.461 e. The van der Waals surface area contributed by atoms with Crippen LogP contribution in [-0.2, 0) is 18.7 Å². The molecule has 0 aliphatic heterocycles. The molecule has 0 atom stereocenters. The van der Waals surface area contributed by atoms with E-state index in [2.05, 4.69) is 28.7 Å². The number of nitrogens with zero attached hydrogens (tertiary/aromatic N) is 1. The number of rotatable bonds is 9. The summed E-state index contributed by atoms with van der Waals surface area (Å²) in [4.78, 5) is 4.14. The molecule has 0 amide bonds. The smallest absolute Gasteiger partial charge is 0.191 e. The lowest BCUT2D eigenvalue weighted by molar-refractivity contribution is 0.102. The Hall–Kier alpha value is -1.70. The molecule has 0 aliphatic carbocycles. The molecule has 146 valence electrons. The van der Waals surface area contributed by atoms with E-state index in [4.69, 9.17) is 4.42 Å². The van der Waals surface area contributed by atoms with Crippen LogP contribution >= 0.6 is 34.0 Å². The first-order valence-corrected chi connectivity index (χ1v) is 12.0. The van der Waals surface area contributed by atoms with Crippen LogP contribution in [0.2, 0.25) is 0 Å². The normalized spacial score (nSPS) is 12.1. The van der Waals surface area contributed by atoms with Crippen LogP contribution in [0.5, 0.6) is 0 Å². The fraction of sp³-hybridized carbons (Fsp3) is 0.273. The van der Waals surface area contributed by atoms with Gasteiger partial charge in [0.15, 0.2) is 5.60 Å². The average molecular weight is 430 g/mol. The number of hydrogen-bond acceptors (Lipinski definition) is 6. The van der Waals surface area contributed by atoms with Gasteiger partial charge in [-0.1, -0.05) is 19.1 Å². The molecule has 0 radical (unpaired) electrons. The molecule has 0 spiro atoms. The SMILES string of the molecule is CCCN(Cc1ccsc1)Cc1ccc(C(O)(c2cccs2)c2cccs2)o1. The van der Waals surface area contributed by atoms with Gasteiger partial charge < -0.3 is 9.52 Å². The molecule has 1 N–H and O–H groups in total. The molecule has 0 fully saturated rings. The van der Waals surface area contributed by atoms with Gasteiger partial charge in [0.2, 0.25) is 0 Å². The molecule has 0 aromatic carbocycles. The van der Waals surface area contributed by atoms with E-state index in [0.29, 0.717) is 5.76 Å². The van der Waals surface area contributed by atoms with Crippen LogP contribution in [0.3, 0.4) is 0 Å². The van der Waals surface area contributed by atoms with Crippen LogP contribution in [0.15, 0.2) is 68.4 Å². The molecular weight excluding hydrogens is 406 g/mol. The molecule has 0 aliphatic rings. The third-order valence-electron chi connectivity index (χ3n) is 4.68. The monoisotopic (exact) mass is 429 g/mol. The van der Waals surface area contributed by atoms with Gasteiger partial charge in [0.1, 0.15) is 11.5 Å². The van der Waals surface area contributed by atoms with E-state index in [9.17, 15) is 5.11 Å². The van der Waals surface area contributed by atoms with E-state index in [1.807, 2.05) is 47.2 Å². The highest BCUT2D eigenvalue weighted by atomic mass is 32.1. The Bertz CT molecular complexity index is 921. The fourth-order valence-electron chi connectivity index (χ4n) is 3.38. The quantitative estimate of drug-likeness (QED) is 0.346. The molecular formula is C22H23NO2S3. The largest absolute Gasteiger partial charge is 0.461 e. The van der Waals surface area contributed by atoms with Crippen molar-refractivity contribution in [1.29, 1.82) is 0 Å². The summed E-state index contributed by atoms with van der Waals surface area (Å²) in [5, 5.41) is 20.0. The lowest BCUT2D eigenvalue weighted by Gasteiger charge is -2.24. The van der Waals surface area contributed by atoms with E-state index in [0.717, 1.165) is 41.6 Å². The highest BCUT2D eigenvalue weighted by molar-refractivity contribution is 7.11. The molecule has 0 unspecified atom stereocenters. The zero-order chi connectivity index (χ0) is 19.4. The predicted octanol–water partition coefficient (Wildman–Crippen LogP) is 6.16. The van der Waals surface area contributed by atoms with E-state index >= 15 is 0 Å². The van der Waals surface area contributed by atoms with Crippen molar-refractivity contribution in [3.8, 4) is 0 Å². The molecule has 0 bridgehead atoms. The second kappa shape index (κ2) is 8.76. The summed E-state index contributed by atoms with van der Waals surface area (Å²) < 4.78 is 6.22. The van der Waals surface area contributed by atoms with Gasteiger partial charge in [-0.15, -0.1) is 22.7 Å². The molecule has 0 saturated heterocycles. The van der Waals surface area contributed by atoms with Crippen molar-refractivity contribution in [1.82, 2.24) is 4.90 Å². The molecule has 4 aromatic rings. The van der Waals surface area contributed by atoms with Crippen LogP contribution in [0, 0.1) is 0 Å². The lowest BCUT2D eigenvalue weighted by Crippen LogP contribution is -2.26. The average Bonchev–Trinajstić information content (AvgIpc) is 3.50. The Morgan fingerprint density at radius 3 is 2.29 bits per heavy atom. The summed E-state index contributed by atoms with van der Waals surface area (Å²) in [6, 6.07) is 14.0. The summed E-state index contributed by atoms with van der Waals surface area (Å²) in [6.07, 6.45) is 1.09. The van der Waals surface area contributed by atoms with E-state index in [1.54, 1.807) is 34.0 Å². The number of furan rings is 1. The summed E-state index contributed by atoms with van der Waals surface area (Å²) in [6.45, 7) is 4.84. The van der Waals surface area contributed by atoms with Gasteiger partial charge in [0, 0.05) is 16.3 Å². The van der Waals surface area contributed by atoms with Gasteiger partial charge in [0.25, 0.3) is 0 Å². The van der Waals surface area contributed by atoms with Crippen LogP contribution in [0.1, 0.15) is 40.2 Å².